The van der Waals surface area contributed by atoms with Crippen LogP contribution in [0.4, 0.5) is 0 Å². The molecule has 2 nitrogen and oxygen atoms in total. The van der Waals surface area contributed by atoms with E-state index in [1.165, 1.54) is 75.7 Å². The van der Waals surface area contributed by atoms with Crippen molar-refractivity contribution in [1.82, 2.24) is 5.43 Å². The summed E-state index contributed by atoms with van der Waals surface area (Å²) in [6.07, 6.45) is 9.07. The van der Waals surface area contributed by atoms with Crippen LogP contribution in [0.25, 0.3) is 0 Å². The summed E-state index contributed by atoms with van der Waals surface area (Å²) in [5, 5.41) is 0. The first kappa shape index (κ1) is 20.1. The number of nitrogens with one attached hydrogen (secondary N) is 1. The summed E-state index contributed by atoms with van der Waals surface area (Å²) < 4.78 is 1.11. The lowest BCUT2D eigenvalue weighted by Gasteiger charge is -2.43. The molecule has 1 saturated heterocycles. The van der Waals surface area contributed by atoms with Crippen LogP contribution in [0.1, 0.15) is 50.2 Å². The van der Waals surface area contributed by atoms with Gasteiger partial charge in [0.25, 0.3) is 0 Å². The second-order valence-electron chi connectivity index (χ2n) is 8.28. The second kappa shape index (κ2) is 10.6. The standard InChI is InChI=1S/C25H37N2/c1-2-10-23-16-20-27(21-17-23,22-18-25-13-7-4-8-14-25)26-19-9-15-24-11-5-3-6-12-24/h3-8,11-14,23,26H,2,9-10,15-22H2,1H3/q+1. The lowest BCUT2D eigenvalue weighted by molar-refractivity contribution is -0.974. The predicted octanol–water partition coefficient (Wildman–Crippen LogP) is 5.39. The Balaban J connectivity index is 1.52. The maximum Gasteiger partial charge on any atom is 0.100 e. The fourth-order valence-electron chi connectivity index (χ4n) is 4.51. The van der Waals surface area contributed by atoms with Gasteiger partial charge in [-0.05, 0) is 29.9 Å². The number of piperidine rings is 1. The number of quaternary nitrogens is 1. The highest BCUT2D eigenvalue weighted by atomic mass is 15.7. The monoisotopic (exact) mass is 365 g/mol. The zero-order chi connectivity index (χ0) is 18.8. The van der Waals surface area contributed by atoms with Crippen molar-refractivity contribution in [2.24, 2.45) is 5.92 Å². The smallest absolute Gasteiger partial charge is 0.100 e. The van der Waals surface area contributed by atoms with Crippen LogP contribution in [0.2, 0.25) is 0 Å². The maximum absolute atomic E-state index is 3.98. The van der Waals surface area contributed by atoms with Gasteiger partial charge in [0.2, 0.25) is 0 Å². The van der Waals surface area contributed by atoms with Gasteiger partial charge in [-0.3, -0.25) is 0 Å². The molecule has 2 heteroatoms. The molecular formula is C25H37N2+. The van der Waals surface area contributed by atoms with Crippen molar-refractivity contribution in [3.05, 3.63) is 71.8 Å². The molecule has 27 heavy (non-hydrogen) atoms. The summed E-state index contributed by atoms with van der Waals surface area (Å²) in [5.74, 6) is 0.948. The van der Waals surface area contributed by atoms with Crippen LogP contribution in [0.3, 0.4) is 0 Å². The van der Waals surface area contributed by atoms with E-state index < -0.39 is 0 Å². The highest BCUT2D eigenvalue weighted by Crippen LogP contribution is 2.26. The van der Waals surface area contributed by atoms with Crippen molar-refractivity contribution in [3.8, 4) is 0 Å². The normalized spacial score (nSPS) is 22.6. The lowest BCUT2D eigenvalue weighted by Crippen LogP contribution is -2.62. The van der Waals surface area contributed by atoms with E-state index in [0.29, 0.717) is 0 Å². The third-order valence-corrected chi connectivity index (χ3v) is 6.23. The topological polar surface area (TPSA) is 12.0 Å². The second-order valence-corrected chi connectivity index (χ2v) is 8.28. The van der Waals surface area contributed by atoms with Gasteiger partial charge in [-0.1, -0.05) is 80.4 Å². The zero-order valence-electron chi connectivity index (χ0n) is 17.1. The third kappa shape index (κ3) is 6.48. The third-order valence-electron chi connectivity index (χ3n) is 6.23. The molecule has 0 amide bonds. The molecule has 3 rings (SSSR count). The fourth-order valence-corrected chi connectivity index (χ4v) is 4.51. The van der Waals surface area contributed by atoms with E-state index in [9.17, 15) is 0 Å². The van der Waals surface area contributed by atoms with E-state index in [2.05, 4.69) is 73.0 Å². The highest BCUT2D eigenvalue weighted by molar-refractivity contribution is 5.15. The quantitative estimate of drug-likeness (QED) is 0.439. The van der Waals surface area contributed by atoms with Crippen LogP contribution in [-0.4, -0.2) is 30.8 Å². The number of hydrogen-bond donors (Lipinski definition) is 1. The van der Waals surface area contributed by atoms with E-state index in [4.69, 9.17) is 0 Å². The predicted molar refractivity (Wildman–Crippen MR) is 115 cm³/mol. The van der Waals surface area contributed by atoms with Gasteiger partial charge in [0.05, 0.1) is 13.1 Å². The Kier molecular flexibility index (Phi) is 7.92. The zero-order valence-corrected chi connectivity index (χ0v) is 17.1. The molecule has 0 radical (unpaired) electrons. The van der Waals surface area contributed by atoms with Crippen LogP contribution in [-0.2, 0) is 12.8 Å². The molecular weight excluding hydrogens is 328 g/mol. The van der Waals surface area contributed by atoms with E-state index in [0.717, 1.165) is 17.1 Å². The van der Waals surface area contributed by atoms with Gasteiger partial charge in [0.1, 0.15) is 6.54 Å². The summed E-state index contributed by atoms with van der Waals surface area (Å²) in [7, 11) is 0. The van der Waals surface area contributed by atoms with Gasteiger partial charge in [0, 0.05) is 25.8 Å². The molecule has 0 spiro atoms. The van der Waals surface area contributed by atoms with Gasteiger partial charge in [0.15, 0.2) is 0 Å². The Morgan fingerprint density at radius 1 is 0.852 bits per heavy atom. The molecule has 0 aromatic heterocycles. The Bertz CT molecular complexity index is 630. The van der Waals surface area contributed by atoms with Crippen molar-refractivity contribution >= 4 is 0 Å². The van der Waals surface area contributed by atoms with Crippen LogP contribution >= 0.6 is 0 Å². The summed E-state index contributed by atoms with van der Waals surface area (Å²) in [4.78, 5) is 0. The van der Waals surface area contributed by atoms with Gasteiger partial charge in [-0.15, -0.1) is 0 Å². The summed E-state index contributed by atoms with van der Waals surface area (Å²) in [5.41, 5.74) is 6.90. The van der Waals surface area contributed by atoms with E-state index in [1.807, 2.05) is 0 Å². The van der Waals surface area contributed by atoms with Crippen molar-refractivity contribution in [2.45, 2.75) is 51.9 Å². The lowest BCUT2D eigenvalue weighted by atomic mass is 9.91. The molecule has 2 aromatic carbocycles. The van der Waals surface area contributed by atoms with Crippen molar-refractivity contribution in [1.29, 1.82) is 0 Å². The average Bonchev–Trinajstić information content (AvgIpc) is 2.73. The van der Waals surface area contributed by atoms with E-state index in [-0.39, 0.29) is 0 Å². The van der Waals surface area contributed by atoms with Gasteiger partial charge in [-0.25, -0.2) is 4.59 Å². The van der Waals surface area contributed by atoms with Crippen molar-refractivity contribution in [3.63, 3.8) is 0 Å². The SMILES string of the molecule is CCCC1CC[N+](CCc2ccccc2)(NCCCc2ccccc2)CC1. The summed E-state index contributed by atoms with van der Waals surface area (Å²) >= 11 is 0. The minimum atomic E-state index is 0.948. The molecule has 0 atom stereocenters. The minimum absolute atomic E-state index is 0.948. The number of nitrogens with zero attached hydrogens (tertiary/aromatic N) is 1. The summed E-state index contributed by atoms with van der Waals surface area (Å²) in [6, 6.07) is 21.9. The molecule has 1 N–H and O–H groups in total. The van der Waals surface area contributed by atoms with Gasteiger partial charge >= 0.3 is 0 Å². The Morgan fingerprint density at radius 2 is 1.44 bits per heavy atom. The fraction of sp³-hybridized carbons (Fsp3) is 0.520. The Labute approximate surface area is 166 Å². The molecule has 1 aliphatic heterocycles. The number of rotatable bonds is 10. The minimum Gasteiger partial charge on any atom is -0.245 e. The number of benzene rings is 2. The van der Waals surface area contributed by atoms with Crippen LogP contribution in [0.15, 0.2) is 60.7 Å². The van der Waals surface area contributed by atoms with E-state index in [1.54, 1.807) is 0 Å². The van der Waals surface area contributed by atoms with Crippen LogP contribution in [0, 0.1) is 5.92 Å². The molecule has 0 aliphatic carbocycles. The molecule has 146 valence electrons. The number of aryl methyl sites for hydroxylation is 1. The number of hydrogen-bond acceptors (Lipinski definition) is 1. The molecule has 2 aromatic rings. The maximum atomic E-state index is 3.98. The highest BCUT2D eigenvalue weighted by Gasteiger charge is 2.33. The first-order valence-corrected chi connectivity index (χ1v) is 11.0. The Hall–Kier alpha value is -1.64. The molecule has 1 heterocycles. The van der Waals surface area contributed by atoms with Crippen molar-refractivity contribution < 1.29 is 4.59 Å². The Morgan fingerprint density at radius 3 is 2.04 bits per heavy atom. The number of likely N-dealkylation sites (tertiary alicyclic amines) is 1. The largest absolute Gasteiger partial charge is 0.245 e. The van der Waals surface area contributed by atoms with Crippen LogP contribution in [0.5, 0.6) is 0 Å². The van der Waals surface area contributed by atoms with Gasteiger partial charge < -0.3 is 0 Å². The van der Waals surface area contributed by atoms with Gasteiger partial charge in [-0.2, -0.15) is 5.43 Å². The van der Waals surface area contributed by atoms with Crippen molar-refractivity contribution in [2.75, 3.05) is 26.2 Å². The molecule has 0 bridgehead atoms. The average molecular weight is 366 g/mol. The molecule has 1 aliphatic rings. The molecule has 1 fully saturated rings. The van der Waals surface area contributed by atoms with Crippen LogP contribution < -0.4 is 5.43 Å². The van der Waals surface area contributed by atoms with E-state index >= 15 is 0 Å². The molecule has 0 saturated carbocycles. The first-order valence-electron chi connectivity index (χ1n) is 11.0. The molecule has 0 unspecified atom stereocenters. The first-order chi connectivity index (χ1) is 13.3. The summed E-state index contributed by atoms with van der Waals surface area (Å²) in [6.45, 7) is 7.25.